The fourth-order valence-corrected chi connectivity index (χ4v) is 2.82. The van der Waals surface area contributed by atoms with E-state index in [0.717, 1.165) is 31.2 Å². The van der Waals surface area contributed by atoms with Crippen molar-refractivity contribution in [2.45, 2.75) is 58.1 Å². The highest BCUT2D eigenvalue weighted by molar-refractivity contribution is 6.00. The van der Waals surface area contributed by atoms with E-state index in [2.05, 4.69) is 10.6 Å². The van der Waals surface area contributed by atoms with E-state index in [9.17, 15) is 14.4 Å². The first-order valence-corrected chi connectivity index (χ1v) is 8.56. The molecule has 25 heavy (non-hydrogen) atoms. The van der Waals surface area contributed by atoms with E-state index in [-0.39, 0.29) is 11.6 Å². The van der Waals surface area contributed by atoms with Gasteiger partial charge in [0, 0.05) is 11.7 Å². The second-order valence-corrected chi connectivity index (χ2v) is 6.38. The van der Waals surface area contributed by atoms with Crippen LogP contribution in [0.15, 0.2) is 18.2 Å². The quantitative estimate of drug-likeness (QED) is 0.572. The number of hydrogen-bond acceptors (Lipinski definition) is 5. The number of anilines is 1. The van der Waals surface area contributed by atoms with Crippen LogP contribution in [0.25, 0.3) is 0 Å². The van der Waals surface area contributed by atoms with Crippen molar-refractivity contribution in [2.75, 3.05) is 5.73 Å². The zero-order valence-electron chi connectivity index (χ0n) is 14.6. The van der Waals surface area contributed by atoms with Gasteiger partial charge in [0.05, 0.1) is 5.56 Å². The summed E-state index contributed by atoms with van der Waals surface area (Å²) in [6, 6.07) is 4.52. The number of esters is 1. The molecule has 1 atom stereocenters. The van der Waals surface area contributed by atoms with Crippen LogP contribution in [-0.4, -0.2) is 30.1 Å². The summed E-state index contributed by atoms with van der Waals surface area (Å²) < 4.78 is 5.11. The molecule has 1 aliphatic carbocycles. The zero-order valence-corrected chi connectivity index (χ0v) is 14.6. The molecule has 0 aliphatic heterocycles. The summed E-state index contributed by atoms with van der Waals surface area (Å²) in [5, 5.41) is 4.99. The second-order valence-electron chi connectivity index (χ2n) is 6.38. The van der Waals surface area contributed by atoms with Gasteiger partial charge in [-0.2, -0.15) is 0 Å². The van der Waals surface area contributed by atoms with E-state index in [0.29, 0.717) is 5.69 Å². The Hall–Kier alpha value is -2.57. The van der Waals surface area contributed by atoms with Crippen molar-refractivity contribution in [3.05, 3.63) is 29.3 Å². The summed E-state index contributed by atoms with van der Waals surface area (Å²) in [5.41, 5.74) is 7.12. The molecule has 0 heterocycles. The lowest BCUT2D eigenvalue weighted by molar-refractivity contribution is -0.127. The number of nitrogens with two attached hydrogens (primary N) is 1. The van der Waals surface area contributed by atoms with Crippen molar-refractivity contribution in [1.29, 1.82) is 0 Å². The first-order valence-electron chi connectivity index (χ1n) is 8.56. The van der Waals surface area contributed by atoms with E-state index in [4.69, 9.17) is 10.5 Å². The number of amides is 3. The monoisotopic (exact) mass is 347 g/mol. The van der Waals surface area contributed by atoms with Crippen LogP contribution in [0.3, 0.4) is 0 Å². The topological polar surface area (TPSA) is 111 Å². The van der Waals surface area contributed by atoms with Gasteiger partial charge in [-0.1, -0.05) is 31.4 Å². The predicted octanol–water partition coefficient (Wildman–Crippen LogP) is 2.28. The van der Waals surface area contributed by atoms with Crippen LogP contribution in [0.1, 0.15) is 54.9 Å². The van der Waals surface area contributed by atoms with Crippen LogP contribution in [-0.2, 0) is 9.53 Å². The average molecular weight is 347 g/mol. The Balaban J connectivity index is 1.85. The van der Waals surface area contributed by atoms with E-state index in [1.165, 1.54) is 19.4 Å². The van der Waals surface area contributed by atoms with Gasteiger partial charge in [-0.25, -0.2) is 9.59 Å². The highest BCUT2D eigenvalue weighted by Crippen LogP contribution is 2.18. The van der Waals surface area contributed by atoms with Crippen LogP contribution < -0.4 is 16.4 Å². The molecular weight excluding hydrogens is 322 g/mol. The lowest BCUT2D eigenvalue weighted by Crippen LogP contribution is -2.48. The number of benzene rings is 1. The Morgan fingerprint density at radius 2 is 1.88 bits per heavy atom. The molecule has 0 bridgehead atoms. The van der Waals surface area contributed by atoms with Gasteiger partial charge in [-0.05, 0) is 38.3 Å². The van der Waals surface area contributed by atoms with Crippen LogP contribution in [0.5, 0.6) is 0 Å². The van der Waals surface area contributed by atoms with Crippen molar-refractivity contribution >= 4 is 23.6 Å². The lowest BCUT2D eigenvalue weighted by atomic mass is 9.96. The summed E-state index contributed by atoms with van der Waals surface area (Å²) >= 11 is 0. The molecule has 0 aromatic heterocycles. The summed E-state index contributed by atoms with van der Waals surface area (Å²) in [4.78, 5) is 36.1. The molecular formula is C18H25N3O4. The summed E-state index contributed by atoms with van der Waals surface area (Å²) in [6.07, 6.45) is 4.05. The minimum atomic E-state index is -1.11. The largest absolute Gasteiger partial charge is 0.449 e. The Morgan fingerprint density at radius 3 is 2.56 bits per heavy atom. The molecule has 1 aliphatic rings. The first-order chi connectivity index (χ1) is 11.9. The predicted molar refractivity (Wildman–Crippen MR) is 94.0 cm³/mol. The summed E-state index contributed by atoms with van der Waals surface area (Å²) in [6.45, 7) is 3.19. The zero-order chi connectivity index (χ0) is 18.4. The van der Waals surface area contributed by atoms with Crippen LogP contribution in [0.4, 0.5) is 10.5 Å². The SMILES string of the molecule is Cc1cccc(C(=O)O[C@H](C)C(=O)NC(=O)NC2CCCCC2)c1N. The van der Waals surface area contributed by atoms with Gasteiger partial charge in [-0.3, -0.25) is 10.1 Å². The molecule has 1 aromatic carbocycles. The summed E-state index contributed by atoms with van der Waals surface area (Å²) in [5.74, 6) is -1.37. The van der Waals surface area contributed by atoms with Crippen molar-refractivity contribution in [3.63, 3.8) is 0 Å². The molecule has 0 unspecified atom stereocenters. The van der Waals surface area contributed by atoms with Crippen molar-refractivity contribution in [3.8, 4) is 0 Å². The number of nitrogen functional groups attached to an aromatic ring is 1. The van der Waals surface area contributed by atoms with Crippen molar-refractivity contribution in [1.82, 2.24) is 10.6 Å². The van der Waals surface area contributed by atoms with Gasteiger partial charge in [0.2, 0.25) is 0 Å². The molecule has 1 saturated carbocycles. The van der Waals surface area contributed by atoms with E-state index in [1.807, 2.05) is 0 Å². The Bertz CT molecular complexity index is 654. The lowest BCUT2D eigenvalue weighted by Gasteiger charge is -2.23. The average Bonchev–Trinajstić information content (AvgIpc) is 2.57. The van der Waals surface area contributed by atoms with Gasteiger partial charge < -0.3 is 15.8 Å². The maximum Gasteiger partial charge on any atom is 0.341 e. The minimum Gasteiger partial charge on any atom is -0.449 e. The maximum atomic E-state index is 12.2. The molecule has 4 N–H and O–H groups in total. The van der Waals surface area contributed by atoms with Gasteiger partial charge in [0.25, 0.3) is 5.91 Å². The molecule has 2 rings (SSSR count). The molecule has 7 nitrogen and oxygen atoms in total. The number of imide groups is 1. The van der Waals surface area contributed by atoms with Gasteiger partial charge in [0.15, 0.2) is 6.10 Å². The molecule has 136 valence electrons. The molecule has 0 spiro atoms. The Kier molecular flexibility index (Phi) is 6.38. The Labute approximate surface area is 147 Å². The van der Waals surface area contributed by atoms with Crippen LogP contribution >= 0.6 is 0 Å². The van der Waals surface area contributed by atoms with Crippen LogP contribution in [0, 0.1) is 6.92 Å². The number of carbonyl (C=O) groups excluding carboxylic acids is 3. The van der Waals surface area contributed by atoms with Crippen molar-refractivity contribution in [2.24, 2.45) is 0 Å². The van der Waals surface area contributed by atoms with Crippen LogP contribution in [0.2, 0.25) is 0 Å². The third kappa shape index (κ3) is 5.20. The Morgan fingerprint density at radius 1 is 1.20 bits per heavy atom. The molecule has 1 aromatic rings. The normalized spacial score (nSPS) is 15.9. The fraction of sp³-hybridized carbons (Fsp3) is 0.500. The van der Waals surface area contributed by atoms with Crippen molar-refractivity contribution < 1.29 is 19.1 Å². The molecule has 1 fully saturated rings. The third-order valence-corrected chi connectivity index (χ3v) is 4.37. The highest BCUT2D eigenvalue weighted by atomic mass is 16.5. The van der Waals surface area contributed by atoms with E-state index in [1.54, 1.807) is 19.1 Å². The smallest absolute Gasteiger partial charge is 0.341 e. The fourth-order valence-electron chi connectivity index (χ4n) is 2.82. The maximum absolute atomic E-state index is 12.2. The standard InChI is InChI=1S/C18H25N3O4/c1-11-7-6-10-14(15(11)19)17(23)25-12(2)16(22)21-18(24)20-13-8-4-3-5-9-13/h6-7,10,12-13H,3-5,8-9,19H2,1-2H3,(H2,20,21,22,24)/t12-/m1/s1. The minimum absolute atomic E-state index is 0.0894. The number of ether oxygens (including phenoxy) is 1. The molecule has 3 amide bonds. The van der Waals surface area contributed by atoms with E-state index < -0.39 is 24.0 Å². The highest BCUT2D eigenvalue weighted by Gasteiger charge is 2.23. The molecule has 0 radical (unpaired) electrons. The van der Waals surface area contributed by atoms with Gasteiger partial charge >= 0.3 is 12.0 Å². The van der Waals surface area contributed by atoms with Gasteiger partial charge in [0.1, 0.15) is 0 Å². The number of para-hydroxylation sites is 1. The number of carbonyl (C=O) groups is 3. The number of urea groups is 1. The third-order valence-electron chi connectivity index (χ3n) is 4.37. The number of nitrogens with one attached hydrogen (secondary N) is 2. The number of aryl methyl sites for hydroxylation is 1. The molecule has 0 saturated heterocycles. The first kappa shape index (κ1) is 18.8. The van der Waals surface area contributed by atoms with E-state index >= 15 is 0 Å². The number of hydrogen-bond donors (Lipinski definition) is 3. The molecule has 7 heteroatoms. The second kappa shape index (κ2) is 8.50. The summed E-state index contributed by atoms with van der Waals surface area (Å²) in [7, 11) is 0. The number of rotatable bonds is 4. The van der Waals surface area contributed by atoms with Gasteiger partial charge in [-0.15, -0.1) is 0 Å².